The van der Waals surface area contributed by atoms with Gasteiger partial charge >= 0.3 is 0 Å². The highest BCUT2D eigenvalue weighted by Gasteiger charge is 2.27. The molecule has 0 aromatic heterocycles. The first-order valence-corrected chi connectivity index (χ1v) is 11.2. The molecule has 0 fully saturated rings. The molecule has 0 aliphatic carbocycles. The summed E-state index contributed by atoms with van der Waals surface area (Å²) in [5.74, 6) is 0.672. The van der Waals surface area contributed by atoms with Crippen molar-refractivity contribution in [3.8, 4) is 11.5 Å². The molecule has 0 saturated heterocycles. The van der Waals surface area contributed by atoms with Gasteiger partial charge < -0.3 is 14.8 Å². The van der Waals surface area contributed by atoms with Crippen LogP contribution in [0.2, 0.25) is 0 Å². The third-order valence-electron chi connectivity index (χ3n) is 4.77. The van der Waals surface area contributed by atoms with Crippen LogP contribution < -0.4 is 19.1 Å². The van der Waals surface area contributed by atoms with Crippen LogP contribution in [0.25, 0.3) is 0 Å². The van der Waals surface area contributed by atoms with E-state index in [2.05, 4.69) is 5.32 Å². The monoisotopic (exact) mass is 438 g/mol. The quantitative estimate of drug-likeness (QED) is 0.636. The van der Waals surface area contributed by atoms with Crippen molar-refractivity contribution in [1.29, 1.82) is 0 Å². The lowest BCUT2D eigenvalue weighted by molar-refractivity contribution is -0.114. The molecule has 0 saturated carbocycles. The van der Waals surface area contributed by atoms with Crippen LogP contribution in [0.3, 0.4) is 0 Å². The smallest absolute Gasteiger partial charge is 0.264 e. The molecule has 3 aromatic carbocycles. The molecule has 8 heteroatoms. The van der Waals surface area contributed by atoms with Gasteiger partial charge in [-0.3, -0.25) is 9.10 Å². The Balaban J connectivity index is 1.60. The lowest BCUT2D eigenvalue weighted by Gasteiger charge is -2.24. The summed E-state index contributed by atoms with van der Waals surface area (Å²) in [6.07, 6.45) is 0. The van der Waals surface area contributed by atoms with Gasteiger partial charge in [0, 0.05) is 11.8 Å². The number of nitrogens with one attached hydrogen (secondary N) is 1. The minimum atomic E-state index is -3.94. The van der Waals surface area contributed by atoms with E-state index in [0.717, 1.165) is 9.87 Å². The fourth-order valence-corrected chi connectivity index (χ4v) is 4.64. The van der Waals surface area contributed by atoms with E-state index in [1.807, 2.05) is 19.1 Å². The van der Waals surface area contributed by atoms with E-state index >= 15 is 0 Å². The number of amides is 1. The number of hydrogen-bond donors (Lipinski definition) is 1. The van der Waals surface area contributed by atoms with Crippen molar-refractivity contribution in [3.63, 3.8) is 0 Å². The Kier molecular flexibility index (Phi) is 5.81. The molecule has 0 atom stereocenters. The third-order valence-corrected chi connectivity index (χ3v) is 6.55. The Bertz CT molecular complexity index is 1180. The zero-order chi connectivity index (χ0) is 21.8. The predicted molar refractivity (Wildman–Crippen MR) is 118 cm³/mol. The van der Waals surface area contributed by atoms with E-state index in [1.54, 1.807) is 48.5 Å². The zero-order valence-corrected chi connectivity index (χ0v) is 17.8. The van der Waals surface area contributed by atoms with E-state index < -0.39 is 15.9 Å². The Morgan fingerprint density at radius 2 is 1.61 bits per heavy atom. The van der Waals surface area contributed by atoms with E-state index in [4.69, 9.17) is 9.47 Å². The van der Waals surface area contributed by atoms with Gasteiger partial charge in [0.15, 0.2) is 11.5 Å². The van der Waals surface area contributed by atoms with Gasteiger partial charge in [0.1, 0.15) is 19.8 Å². The molecule has 0 radical (unpaired) electrons. The number of fused-ring (bicyclic) bond motifs is 1. The molecule has 0 unspecified atom stereocenters. The Morgan fingerprint density at radius 3 is 2.32 bits per heavy atom. The van der Waals surface area contributed by atoms with Crippen LogP contribution >= 0.6 is 0 Å². The number of benzene rings is 3. The van der Waals surface area contributed by atoms with Gasteiger partial charge in [0.2, 0.25) is 5.91 Å². The SMILES string of the molecule is Cc1ccc(N(CC(=O)Nc2ccc3c(c2)OCCO3)S(=O)(=O)c2ccccc2)cc1. The summed E-state index contributed by atoms with van der Waals surface area (Å²) in [5, 5.41) is 2.75. The normalized spacial score (nSPS) is 12.8. The van der Waals surface area contributed by atoms with E-state index in [1.165, 1.54) is 12.1 Å². The number of nitrogens with zero attached hydrogens (tertiary/aromatic N) is 1. The minimum Gasteiger partial charge on any atom is -0.486 e. The second kappa shape index (κ2) is 8.69. The fourth-order valence-electron chi connectivity index (χ4n) is 3.20. The molecule has 7 nitrogen and oxygen atoms in total. The Morgan fingerprint density at radius 1 is 0.935 bits per heavy atom. The van der Waals surface area contributed by atoms with Crippen LogP contribution in [0, 0.1) is 6.92 Å². The van der Waals surface area contributed by atoms with Gasteiger partial charge in [-0.2, -0.15) is 0 Å². The molecular formula is C23H22N2O5S. The zero-order valence-electron chi connectivity index (χ0n) is 16.9. The average Bonchev–Trinajstić information content (AvgIpc) is 2.78. The summed E-state index contributed by atoms with van der Waals surface area (Å²) in [6, 6.07) is 20.1. The number of carbonyl (C=O) groups excluding carboxylic acids is 1. The number of aryl methyl sites for hydroxylation is 1. The number of anilines is 2. The van der Waals surface area contributed by atoms with E-state index in [0.29, 0.717) is 36.1 Å². The molecule has 4 rings (SSSR count). The highest BCUT2D eigenvalue weighted by molar-refractivity contribution is 7.92. The Labute approximate surface area is 181 Å². The molecule has 3 aromatic rings. The largest absolute Gasteiger partial charge is 0.486 e. The van der Waals surface area contributed by atoms with Crippen molar-refractivity contribution in [1.82, 2.24) is 0 Å². The van der Waals surface area contributed by atoms with Gasteiger partial charge in [0.25, 0.3) is 10.0 Å². The van der Waals surface area contributed by atoms with Crippen LogP contribution in [0.15, 0.2) is 77.7 Å². The maximum Gasteiger partial charge on any atom is 0.264 e. The summed E-state index contributed by atoms with van der Waals surface area (Å²) in [5.41, 5.74) is 1.89. The van der Waals surface area contributed by atoms with E-state index in [9.17, 15) is 13.2 Å². The summed E-state index contributed by atoms with van der Waals surface area (Å²) in [4.78, 5) is 12.9. The molecule has 1 aliphatic rings. The molecule has 0 bridgehead atoms. The van der Waals surface area contributed by atoms with Crippen molar-refractivity contribution >= 4 is 27.3 Å². The first kappa shape index (κ1) is 20.7. The van der Waals surface area contributed by atoms with Crippen molar-refractivity contribution in [2.45, 2.75) is 11.8 Å². The van der Waals surface area contributed by atoms with Crippen LogP contribution in [-0.4, -0.2) is 34.1 Å². The third kappa shape index (κ3) is 4.64. The highest BCUT2D eigenvalue weighted by Crippen LogP contribution is 2.32. The first-order valence-electron chi connectivity index (χ1n) is 9.77. The molecular weight excluding hydrogens is 416 g/mol. The lowest BCUT2D eigenvalue weighted by Crippen LogP contribution is -2.38. The van der Waals surface area contributed by atoms with Gasteiger partial charge in [-0.05, 0) is 43.3 Å². The van der Waals surface area contributed by atoms with Crippen molar-refractivity contribution in [2.24, 2.45) is 0 Å². The molecule has 1 N–H and O–H groups in total. The summed E-state index contributed by atoms with van der Waals surface area (Å²) < 4.78 is 38.7. The summed E-state index contributed by atoms with van der Waals surface area (Å²) >= 11 is 0. The standard InChI is InChI=1S/C23H22N2O5S/c1-17-7-10-19(11-8-17)25(31(27,28)20-5-3-2-4-6-20)16-23(26)24-18-9-12-21-22(15-18)30-14-13-29-21/h2-12,15H,13-14,16H2,1H3,(H,24,26). The summed E-state index contributed by atoms with van der Waals surface area (Å²) in [7, 11) is -3.94. The maximum absolute atomic E-state index is 13.3. The van der Waals surface area contributed by atoms with Crippen LogP contribution in [-0.2, 0) is 14.8 Å². The molecule has 1 heterocycles. The summed E-state index contributed by atoms with van der Waals surface area (Å²) in [6.45, 7) is 2.44. The average molecular weight is 439 g/mol. The molecule has 160 valence electrons. The van der Waals surface area contributed by atoms with Crippen molar-refractivity contribution in [2.75, 3.05) is 29.4 Å². The predicted octanol–water partition coefficient (Wildman–Crippen LogP) is 3.60. The topological polar surface area (TPSA) is 84.9 Å². The van der Waals surface area contributed by atoms with Crippen molar-refractivity contribution in [3.05, 3.63) is 78.4 Å². The van der Waals surface area contributed by atoms with Crippen LogP contribution in [0.5, 0.6) is 11.5 Å². The minimum absolute atomic E-state index is 0.114. The number of carbonyl (C=O) groups is 1. The van der Waals surface area contributed by atoms with Crippen LogP contribution in [0.1, 0.15) is 5.56 Å². The molecule has 0 spiro atoms. The first-order chi connectivity index (χ1) is 14.9. The number of rotatable bonds is 6. The molecule has 1 amide bonds. The second-order valence-corrected chi connectivity index (χ2v) is 8.93. The van der Waals surface area contributed by atoms with Gasteiger partial charge in [0.05, 0.1) is 10.6 Å². The van der Waals surface area contributed by atoms with E-state index in [-0.39, 0.29) is 11.4 Å². The number of hydrogen-bond acceptors (Lipinski definition) is 5. The van der Waals surface area contributed by atoms with Gasteiger partial charge in [-0.1, -0.05) is 35.9 Å². The number of sulfonamides is 1. The fraction of sp³-hybridized carbons (Fsp3) is 0.174. The van der Waals surface area contributed by atoms with Crippen molar-refractivity contribution < 1.29 is 22.7 Å². The maximum atomic E-state index is 13.3. The van der Waals surface area contributed by atoms with Crippen LogP contribution in [0.4, 0.5) is 11.4 Å². The number of ether oxygens (including phenoxy) is 2. The highest BCUT2D eigenvalue weighted by atomic mass is 32.2. The molecule has 1 aliphatic heterocycles. The van der Waals surface area contributed by atoms with Gasteiger partial charge in [-0.25, -0.2) is 8.42 Å². The lowest BCUT2D eigenvalue weighted by atomic mass is 10.2. The molecule has 31 heavy (non-hydrogen) atoms. The Hall–Kier alpha value is -3.52. The van der Waals surface area contributed by atoms with Gasteiger partial charge in [-0.15, -0.1) is 0 Å². The second-order valence-electron chi connectivity index (χ2n) is 7.07.